The molecule has 3 nitrogen and oxygen atoms in total. The van der Waals surface area contributed by atoms with Crippen LogP contribution >= 0.6 is 0 Å². The van der Waals surface area contributed by atoms with Crippen molar-refractivity contribution < 1.29 is 4.79 Å². The maximum absolute atomic E-state index is 10.8. The molecule has 0 aromatic heterocycles. The number of hydrogen-bond acceptors (Lipinski definition) is 2. The number of carbonyl (C=O) groups excluding carboxylic acids is 1. The molecule has 0 atom stereocenters. The number of benzene rings is 1. The molecule has 1 amide bonds. The average Bonchev–Trinajstić information content (AvgIpc) is 2.16. The largest absolute Gasteiger partial charge is 0.326 e. The second-order valence-corrected chi connectivity index (χ2v) is 2.82. The molecule has 1 aromatic carbocycles. The smallest absolute Gasteiger partial charge is 0.221 e. The Labute approximate surface area is 83.2 Å². The van der Waals surface area contributed by atoms with Crippen molar-refractivity contribution in [1.82, 2.24) is 0 Å². The molecule has 0 aliphatic heterocycles. The van der Waals surface area contributed by atoms with E-state index in [0.717, 1.165) is 5.56 Å². The zero-order valence-corrected chi connectivity index (χ0v) is 8.08. The van der Waals surface area contributed by atoms with Crippen molar-refractivity contribution in [3.8, 4) is 0 Å². The summed E-state index contributed by atoms with van der Waals surface area (Å²) in [7, 11) is 0. The summed E-state index contributed by atoms with van der Waals surface area (Å²) < 4.78 is 0. The molecule has 0 heterocycles. The molecule has 14 heavy (non-hydrogen) atoms. The van der Waals surface area contributed by atoms with Gasteiger partial charge in [0.1, 0.15) is 0 Å². The van der Waals surface area contributed by atoms with Crippen molar-refractivity contribution in [3.63, 3.8) is 0 Å². The molecule has 0 aliphatic rings. The van der Waals surface area contributed by atoms with Crippen LogP contribution in [0.1, 0.15) is 12.5 Å². The molecule has 0 bridgehead atoms. The number of nitrogens with zero attached hydrogens (tertiary/aromatic N) is 1. The Bertz CT molecular complexity index is 383. The van der Waals surface area contributed by atoms with Crippen molar-refractivity contribution in [2.24, 2.45) is 4.99 Å². The summed E-state index contributed by atoms with van der Waals surface area (Å²) in [6.07, 6.45) is 1.70. The first kappa shape index (κ1) is 10.2. The van der Waals surface area contributed by atoms with E-state index in [2.05, 4.69) is 23.6 Å². The standard InChI is InChI=1S/C11H12N2O/c1-4-9-5-6-10(13-8(2)14)7-11(9)12-3/h4-7H,1,3H2,2H3,(H,13,14). The number of rotatable bonds is 3. The summed E-state index contributed by atoms with van der Waals surface area (Å²) in [6, 6.07) is 5.39. The zero-order valence-electron chi connectivity index (χ0n) is 8.08. The number of anilines is 1. The highest BCUT2D eigenvalue weighted by Gasteiger charge is 2.00. The van der Waals surface area contributed by atoms with Gasteiger partial charge < -0.3 is 5.32 Å². The van der Waals surface area contributed by atoms with Crippen LogP contribution in [0.25, 0.3) is 6.08 Å². The third-order valence-electron chi connectivity index (χ3n) is 1.74. The SMILES string of the molecule is C=Cc1ccc(NC(C)=O)cc1N=C. The Balaban J connectivity index is 3.07. The van der Waals surface area contributed by atoms with Gasteiger partial charge in [-0.2, -0.15) is 0 Å². The summed E-state index contributed by atoms with van der Waals surface area (Å²) in [6.45, 7) is 8.57. The Morgan fingerprint density at radius 1 is 1.57 bits per heavy atom. The van der Waals surface area contributed by atoms with Gasteiger partial charge in [0.15, 0.2) is 0 Å². The van der Waals surface area contributed by atoms with Crippen LogP contribution in [0, 0.1) is 0 Å². The lowest BCUT2D eigenvalue weighted by atomic mass is 10.1. The molecule has 0 aliphatic carbocycles. The van der Waals surface area contributed by atoms with Crippen LogP contribution in [0.5, 0.6) is 0 Å². The molecule has 0 radical (unpaired) electrons. The van der Waals surface area contributed by atoms with Gasteiger partial charge in [0, 0.05) is 12.6 Å². The molecule has 1 N–H and O–H groups in total. The second-order valence-electron chi connectivity index (χ2n) is 2.82. The Hall–Kier alpha value is -1.90. The number of carbonyl (C=O) groups is 1. The van der Waals surface area contributed by atoms with Crippen molar-refractivity contribution in [2.75, 3.05) is 5.32 Å². The quantitative estimate of drug-likeness (QED) is 0.728. The molecule has 3 heteroatoms. The topological polar surface area (TPSA) is 41.5 Å². The van der Waals surface area contributed by atoms with Gasteiger partial charge in [-0.3, -0.25) is 9.79 Å². The number of nitrogens with one attached hydrogen (secondary N) is 1. The summed E-state index contributed by atoms with van der Waals surface area (Å²) in [5, 5.41) is 2.67. The third-order valence-corrected chi connectivity index (χ3v) is 1.74. The first-order valence-corrected chi connectivity index (χ1v) is 4.18. The maximum Gasteiger partial charge on any atom is 0.221 e. The number of hydrogen-bond donors (Lipinski definition) is 1. The van der Waals surface area contributed by atoms with E-state index in [1.165, 1.54) is 6.92 Å². The van der Waals surface area contributed by atoms with Crippen molar-refractivity contribution >= 4 is 30.1 Å². The molecule has 0 fully saturated rings. The summed E-state index contributed by atoms with van der Waals surface area (Å²) in [5.41, 5.74) is 2.32. The van der Waals surface area contributed by atoms with Crippen LogP contribution in [0.3, 0.4) is 0 Å². The van der Waals surface area contributed by atoms with Crippen LogP contribution in [0.2, 0.25) is 0 Å². The first-order valence-electron chi connectivity index (χ1n) is 4.18. The maximum atomic E-state index is 10.8. The Morgan fingerprint density at radius 2 is 2.29 bits per heavy atom. The lowest BCUT2D eigenvalue weighted by Crippen LogP contribution is -2.05. The summed E-state index contributed by atoms with van der Waals surface area (Å²) >= 11 is 0. The summed E-state index contributed by atoms with van der Waals surface area (Å²) in [5.74, 6) is -0.105. The normalized spacial score (nSPS) is 9.21. The fourth-order valence-corrected chi connectivity index (χ4v) is 1.13. The third kappa shape index (κ3) is 2.29. The van der Waals surface area contributed by atoms with E-state index in [1.54, 1.807) is 18.2 Å². The lowest BCUT2D eigenvalue weighted by molar-refractivity contribution is -0.114. The van der Waals surface area contributed by atoms with Gasteiger partial charge in [0.2, 0.25) is 5.91 Å². The van der Waals surface area contributed by atoms with Gasteiger partial charge in [-0.15, -0.1) is 0 Å². The van der Waals surface area contributed by atoms with Gasteiger partial charge in [-0.1, -0.05) is 18.7 Å². The molecular weight excluding hydrogens is 176 g/mol. The van der Waals surface area contributed by atoms with Crippen LogP contribution in [0.4, 0.5) is 11.4 Å². The second kappa shape index (κ2) is 4.37. The van der Waals surface area contributed by atoms with Gasteiger partial charge in [-0.25, -0.2) is 0 Å². The zero-order chi connectivity index (χ0) is 10.6. The molecular formula is C11H12N2O. The number of amides is 1. The fraction of sp³-hybridized carbons (Fsp3) is 0.0909. The fourth-order valence-electron chi connectivity index (χ4n) is 1.13. The number of aliphatic imine (C=N–C) groups is 1. The van der Waals surface area contributed by atoms with Crippen molar-refractivity contribution in [3.05, 3.63) is 30.3 Å². The predicted molar refractivity (Wildman–Crippen MR) is 60.0 cm³/mol. The Morgan fingerprint density at radius 3 is 2.79 bits per heavy atom. The van der Waals surface area contributed by atoms with Crippen LogP contribution in [-0.4, -0.2) is 12.6 Å². The highest BCUT2D eigenvalue weighted by atomic mass is 16.1. The minimum absolute atomic E-state index is 0.105. The van der Waals surface area contributed by atoms with E-state index in [4.69, 9.17) is 0 Å². The molecule has 0 spiro atoms. The van der Waals surface area contributed by atoms with E-state index in [-0.39, 0.29) is 5.91 Å². The van der Waals surface area contributed by atoms with E-state index in [9.17, 15) is 4.79 Å². The molecule has 0 saturated heterocycles. The van der Waals surface area contributed by atoms with E-state index in [0.29, 0.717) is 11.4 Å². The van der Waals surface area contributed by atoms with E-state index in [1.807, 2.05) is 6.07 Å². The minimum atomic E-state index is -0.105. The first-order chi connectivity index (χ1) is 6.67. The van der Waals surface area contributed by atoms with Crippen LogP contribution < -0.4 is 5.32 Å². The van der Waals surface area contributed by atoms with Gasteiger partial charge in [0.25, 0.3) is 0 Å². The molecule has 72 valence electrons. The minimum Gasteiger partial charge on any atom is -0.326 e. The highest BCUT2D eigenvalue weighted by molar-refractivity contribution is 5.89. The lowest BCUT2D eigenvalue weighted by Gasteiger charge is -2.05. The molecule has 0 unspecified atom stereocenters. The van der Waals surface area contributed by atoms with Crippen LogP contribution in [-0.2, 0) is 4.79 Å². The Kier molecular flexibility index (Phi) is 3.18. The van der Waals surface area contributed by atoms with Gasteiger partial charge in [-0.05, 0) is 24.4 Å². The van der Waals surface area contributed by atoms with Crippen molar-refractivity contribution in [1.29, 1.82) is 0 Å². The molecule has 0 saturated carbocycles. The predicted octanol–water partition coefficient (Wildman–Crippen LogP) is 2.62. The van der Waals surface area contributed by atoms with Crippen LogP contribution in [0.15, 0.2) is 29.8 Å². The molecule has 1 aromatic rings. The average molecular weight is 188 g/mol. The van der Waals surface area contributed by atoms with E-state index < -0.39 is 0 Å². The monoisotopic (exact) mass is 188 g/mol. The van der Waals surface area contributed by atoms with E-state index >= 15 is 0 Å². The molecule has 1 rings (SSSR count). The van der Waals surface area contributed by atoms with Gasteiger partial charge >= 0.3 is 0 Å². The van der Waals surface area contributed by atoms with Crippen molar-refractivity contribution in [2.45, 2.75) is 6.92 Å². The highest BCUT2D eigenvalue weighted by Crippen LogP contribution is 2.24. The summed E-state index contributed by atoms with van der Waals surface area (Å²) in [4.78, 5) is 14.6. The van der Waals surface area contributed by atoms with Gasteiger partial charge in [0.05, 0.1) is 5.69 Å².